The van der Waals surface area contributed by atoms with Gasteiger partial charge in [-0.3, -0.25) is 19.7 Å². The smallest absolute Gasteiger partial charge is 0.295 e. The molecule has 8 nitrogen and oxygen atoms in total. The topological polar surface area (TPSA) is 121 Å². The van der Waals surface area contributed by atoms with E-state index >= 15 is 0 Å². The number of carbonyl (C=O) groups is 2. The van der Waals surface area contributed by atoms with Gasteiger partial charge in [-0.25, -0.2) is 4.39 Å². The monoisotopic (exact) mass is 448 g/mol. The quantitative estimate of drug-likeness (QED) is 0.200. The standard InChI is InChI=1S/C24H17FN2O6/c25-17-8-4-14(5-9-17)13-26-21(16-2-1-3-19(28)12-16)20(23(30)24(26)31)22(29)15-6-10-18(11-7-15)27(32)33/h1-12,21,28-29H,13H2/b22-20-. The summed E-state index contributed by atoms with van der Waals surface area (Å²) in [5.74, 6) is -2.88. The van der Waals surface area contributed by atoms with Crippen molar-refractivity contribution in [1.82, 2.24) is 4.90 Å². The summed E-state index contributed by atoms with van der Waals surface area (Å²) >= 11 is 0. The molecule has 0 radical (unpaired) electrons. The number of Topliss-reactive ketones (excluding diaryl/α,β-unsaturated/α-hetero) is 1. The Bertz CT molecular complexity index is 1290. The van der Waals surface area contributed by atoms with E-state index in [2.05, 4.69) is 0 Å². The maximum atomic E-state index is 13.3. The number of benzene rings is 3. The van der Waals surface area contributed by atoms with Gasteiger partial charge in [0.05, 0.1) is 16.5 Å². The van der Waals surface area contributed by atoms with Gasteiger partial charge in [-0.1, -0.05) is 24.3 Å². The molecule has 0 aliphatic carbocycles. The maximum Gasteiger partial charge on any atom is 0.295 e. The van der Waals surface area contributed by atoms with Crippen LogP contribution in [0.3, 0.4) is 0 Å². The Hall–Kier alpha value is -4.53. The largest absolute Gasteiger partial charge is 0.508 e. The molecule has 1 fully saturated rings. The van der Waals surface area contributed by atoms with E-state index in [0.717, 1.165) is 0 Å². The summed E-state index contributed by atoms with van der Waals surface area (Å²) < 4.78 is 13.3. The van der Waals surface area contributed by atoms with Gasteiger partial charge < -0.3 is 15.1 Å². The SMILES string of the molecule is O=C1C(=O)N(Cc2ccc(F)cc2)C(c2cccc(O)c2)/C1=C(/O)c1ccc([N+](=O)[O-])cc1. The maximum absolute atomic E-state index is 13.3. The van der Waals surface area contributed by atoms with Crippen molar-refractivity contribution in [1.29, 1.82) is 0 Å². The van der Waals surface area contributed by atoms with Gasteiger partial charge in [0.25, 0.3) is 17.4 Å². The zero-order valence-electron chi connectivity index (χ0n) is 17.0. The van der Waals surface area contributed by atoms with Gasteiger partial charge >= 0.3 is 0 Å². The van der Waals surface area contributed by atoms with Crippen LogP contribution in [0.25, 0.3) is 5.76 Å². The van der Waals surface area contributed by atoms with Crippen molar-refractivity contribution in [3.8, 4) is 5.75 Å². The van der Waals surface area contributed by atoms with Gasteiger partial charge in [-0.2, -0.15) is 0 Å². The van der Waals surface area contributed by atoms with Gasteiger partial charge in [0.2, 0.25) is 0 Å². The van der Waals surface area contributed by atoms with Crippen LogP contribution in [0.4, 0.5) is 10.1 Å². The normalized spacial score (nSPS) is 17.4. The molecule has 1 unspecified atom stereocenters. The molecule has 0 spiro atoms. The first-order valence-electron chi connectivity index (χ1n) is 9.83. The molecule has 1 atom stereocenters. The second-order valence-electron chi connectivity index (χ2n) is 7.45. The van der Waals surface area contributed by atoms with Crippen molar-refractivity contribution in [2.75, 3.05) is 0 Å². The number of aliphatic hydroxyl groups is 1. The first-order chi connectivity index (χ1) is 15.8. The molecule has 9 heteroatoms. The second-order valence-corrected chi connectivity index (χ2v) is 7.45. The number of aromatic hydroxyl groups is 1. The van der Waals surface area contributed by atoms with Crippen molar-refractivity contribution in [2.45, 2.75) is 12.6 Å². The molecule has 0 saturated carbocycles. The third-order valence-electron chi connectivity index (χ3n) is 5.34. The summed E-state index contributed by atoms with van der Waals surface area (Å²) in [6.45, 7) is -0.0534. The first-order valence-corrected chi connectivity index (χ1v) is 9.83. The summed E-state index contributed by atoms with van der Waals surface area (Å²) in [6, 6.07) is 15.2. The molecule has 0 aromatic heterocycles. The number of carbonyl (C=O) groups excluding carboxylic acids is 2. The van der Waals surface area contributed by atoms with Crippen LogP contribution in [0, 0.1) is 15.9 Å². The van der Waals surface area contributed by atoms with Gasteiger partial charge in [-0.05, 0) is 47.5 Å². The average Bonchev–Trinajstić information content (AvgIpc) is 3.05. The van der Waals surface area contributed by atoms with Crippen LogP contribution >= 0.6 is 0 Å². The Labute approximate surface area is 187 Å². The molecule has 3 aromatic rings. The molecule has 0 bridgehead atoms. The van der Waals surface area contributed by atoms with Crippen molar-refractivity contribution in [2.24, 2.45) is 0 Å². The van der Waals surface area contributed by atoms with E-state index in [1.54, 1.807) is 6.07 Å². The lowest BCUT2D eigenvalue weighted by Gasteiger charge is -2.25. The van der Waals surface area contributed by atoms with E-state index < -0.39 is 34.2 Å². The minimum Gasteiger partial charge on any atom is -0.508 e. The molecular formula is C24H17FN2O6. The third-order valence-corrected chi connectivity index (χ3v) is 5.34. The van der Waals surface area contributed by atoms with E-state index in [1.807, 2.05) is 0 Å². The first kappa shape index (κ1) is 21.7. The molecule has 2 N–H and O–H groups in total. The Kier molecular flexibility index (Phi) is 5.61. The Morgan fingerprint density at radius 2 is 1.70 bits per heavy atom. The highest BCUT2D eigenvalue weighted by atomic mass is 19.1. The number of nitro benzene ring substituents is 1. The van der Waals surface area contributed by atoms with Crippen molar-refractivity contribution < 1.29 is 29.1 Å². The van der Waals surface area contributed by atoms with E-state index in [-0.39, 0.29) is 29.1 Å². The van der Waals surface area contributed by atoms with Crippen molar-refractivity contribution in [3.05, 3.63) is 111 Å². The minimum atomic E-state index is -1.04. The summed E-state index contributed by atoms with van der Waals surface area (Å²) in [6.07, 6.45) is 0. The third kappa shape index (κ3) is 4.16. The number of amides is 1. The van der Waals surface area contributed by atoms with Crippen LogP contribution in [0.15, 0.2) is 78.4 Å². The summed E-state index contributed by atoms with van der Waals surface area (Å²) in [5.41, 5.74) is 0.624. The van der Waals surface area contributed by atoms with E-state index in [4.69, 9.17) is 0 Å². The van der Waals surface area contributed by atoms with Gasteiger partial charge in [0.15, 0.2) is 0 Å². The predicted octanol–water partition coefficient (Wildman–Crippen LogP) is 4.06. The zero-order chi connectivity index (χ0) is 23.7. The van der Waals surface area contributed by atoms with Crippen LogP contribution in [0.5, 0.6) is 5.75 Å². The fourth-order valence-electron chi connectivity index (χ4n) is 3.77. The number of hydrogen-bond donors (Lipinski definition) is 2. The lowest BCUT2D eigenvalue weighted by molar-refractivity contribution is -0.384. The molecule has 1 amide bonds. The number of phenolic OH excluding ortho intramolecular Hbond substituents is 1. The second kappa shape index (κ2) is 8.54. The van der Waals surface area contributed by atoms with Gasteiger partial charge in [0, 0.05) is 24.2 Å². The van der Waals surface area contributed by atoms with E-state index in [9.17, 15) is 34.3 Å². The molecule has 4 rings (SSSR count). The number of rotatable bonds is 5. The van der Waals surface area contributed by atoms with E-state index in [1.165, 1.54) is 71.6 Å². The number of nitrogens with zero attached hydrogens (tertiary/aromatic N) is 2. The number of nitro groups is 1. The van der Waals surface area contributed by atoms with Crippen LogP contribution in [-0.4, -0.2) is 31.7 Å². The lowest BCUT2D eigenvalue weighted by Crippen LogP contribution is -2.29. The highest BCUT2D eigenvalue weighted by molar-refractivity contribution is 6.46. The predicted molar refractivity (Wildman–Crippen MR) is 115 cm³/mol. The van der Waals surface area contributed by atoms with Crippen LogP contribution < -0.4 is 0 Å². The molecule has 1 heterocycles. The molecule has 166 valence electrons. The van der Waals surface area contributed by atoms with Crippen molar-refractivity contribution in [3.63, 3.8) is 0 Å². The van der Waals surface area contributed by atoms with Crippen LogP contribution in [-0.2, 0) is 16.1 Å². The number of non-ortho nitro benzene ring substituents is 1. The average molecular weight is 448 g/mol. The number of hydrogen-bond acceptors (Lipinski definition) is 6. The number of phenols is 1. The number of aliphatic hydroxyl groups excluding tert-OH is 1. The fraction of sp³-hybridized carbons (Fsp3) is 0.0833. The molecule has 3 aromatic carbocycles. The molecule has 1 saturated heterocycles. The Balaban J connectivity index is 1.84. The zero-order valence-corrected chi connectivity index (χ0v) is 17.0. The fourth-order valence-corrected chi connectivity index (χ4v) is 3.77. The molecular weight excluding hydrogens is 431 g/mol. The van der Waals surface area contributed by atoms with Gasteiger partial charge in [0.1, 0.15) is 17.3 Å². The summed E-state index contributed by atoms with van der Waals surface area (Å²) in [4.78, 5) is 37.5. The number of likely N-dealkylation sites (tertiary alicyclic amines) is 1. The highest BCUT2D eigenvalue weighted by Crippen LogP contribution is 2.41. The molecule has 1 aliphatic rings. The number of ketones is 1. The van der Waals surface area contributed by atoms with Gasteiger partial charge in [-0.15, -0.1) is 0 Å². The van der Waals surface area contributed by atoms with Crippen molar-refractivity contribution >= 4 is 23.1 Å². The molecule has 33 heavy (non-hydrogen) atoms. The lowest BCUT2D eigenvalue weighted by atomic mass is 9.95. The summed E-state index contributed by atoms with van der Waals surface area (Å²) in [5, 5.41) is 31.8. The van der Waals surface area contributed by atoms with Crippen LogP contribution in [0.1, 0.15) is 22.7 Å². The number of halogens is 1. The minimum absolute atomic E-state index is 0.0534. The Morgan fingerprint density at radius 1 is 1.03 bits per heavy atom. The highest BCUT2D eigenvalue weighted by Gasteiger charge is 2.46. The molecule has 1 aliphatic heterocycles. The summed E-state index contributed by atoms with van der Waals surface area (Å²) in [7, 11) is 0. The van der Waals surface area contributed by atoms with Crippen LogP contribution in [0.2, 0.25) is 0 Å². The Morgan fingerprint density at radius 3 is 2.30 bits per heavy atom. The van der Waals surface area contributed by atoms with E-state index in [0.29, 0.717) is 11.1 Å².